The van der Waals surface area contributed by atoms with Gasteiger partial charge in [0.1, 0.15) is 0 Å². The van der Waals surface area contributed by atoms with Gasteiger partial charge >= 0.3 is 0 Å². The monoisotopic (exact) mass is 288 g/mol. The fraction of sp³-hybridized carbons (Fsp3) is 0.500. The topological polar surface area (TPSA) is 60.9 Å². The van der Waals surface area contributed by atoms with Crippen molar-refractivity contribution in [3.63, 3.8) is 0 Å². The molecule has 2 fully saturated rings. The Morgan fingerprint density at radius 3 is 2.57 bits per heavy atom. The molecular formula is C16H20N2O3. The third-order valence-corrected chi connectivity index (χ3v) is 4.19. The van der Waals surface area contributed by atoms with Crippen molar-refractivity contribution in [3.05, 3.63) is 29.8 Å². The van der Waals surface area contributed by atoms with Crippen LogP contribution >= 0.6 is 0 Å². The highest BCUT2D eigenvalue weighted by atomic mass is 16.3. The first-order valence-corrected chi connectivity index (χ1v) is 7.48. The smallest absolute Gasteiger partial charge is 0.227 e. The van der Waals surface area contributed by atoms with E-state index in [4.69, 9.17) is 0 Å². The number of nitrogens with zero attached hydrogens (tertiary/aromatic N) is 2. The Morgan fingerprint density at radius 2 is 2.00 bits per heavy atom. The third kappa shape index (κ3) is 3.08. The second kappa shape index (κ2) is 5.85. The molecule has 2 saturated heterocycles. The zero-order chi connectivity index (χ0) is 14.8. The molecular weight excluding hydrogens is 268 g/mol. The summed E-state index contributed by atoms with van der Waals surface area (Å²) in [5, 5.41) is 9.47. The zero-order valence-corrected chi connectivity index (χ0v) is 12.0. The average Bonchev–Trinajstić information content (AvgIpc) is 3.08. The van der Waals surface area contributed by atoms with Gasteiger partial charge in [0.05, 0.1) is 12.5 Å². The van der Waals surface area contributed by atoms with E-state index in [-0.39, 0.29) is 17.9 Å². The number of aliphatic hydroxyl groups excluding tert-OH is 1. The molecule has 0 radical (unpaired) electrons. The van der Waals surface area contributed by atoms with Gasteiger partial charge in [-0.1, -0.05) is 12.1 Å². The van der Waals surface area contributed by atoms with Crippen LogP contribution < -0.4 is 4.90 Å². The van der Waals surface area contributed by atoms with Crippen molar-refractivity contribution in [1.29, 1.82) is 0 Å². The summed E-state index contributed by atoms with van der Waals surface area (Å²) >= 11 is 0. The first kappa shape index (κ1) is 14.1. The van der Waals surface area contributed by atoms with Gasteiger partial charge in [0, 0.05) is 31.7 Å². The maximum Gasteiger partial charge on any atom is 0.227 e. The lowest BCUT2D eigenvalue weighted by Crippen LogP contribution is -2.30. The maximum absolute atomic E-state index is 12.1. The Labute approximate surface area is 124 Å². The number of hydrogen-bond acceptors (Lipinski definition) is 3. The molecule has 5 nitrogen and oxygen atoms in total. The van der Waals surface area contributed by atoms with E-state index in [2.05, 4.69) is 0 Å². The van der Waals surface area contributed by atoms with Crippen LogP contribution in [0.1, 0.15) is 24.8 Å². The van der Waals surface area contributed by atoms with Crippen molar-refractivity contribution in [2.75, 3.05) is 24.5 Å². The molecule has 0 bridgehead atoms. The van der Waals surface area contributed by atoms with Crippen LogP contribution in [-0.2, 0) is 16.0 Å². The van der Waals surface area contributed by atoms with Crippen LogP contribution in [0.3, 0.4) is 0 Å². The summed E-state index contributed by atoms with van der Waals surface area (Å²) in [5.41, 5.74) is 1.85. The van der Waals surface area contributed by atoms with Crippen molar-refractivity contribution in [2.24, 2.45) is 0 Å². The SMILES string of the molecule is O=C(Cc1ccc(N2CCCC2=O)cc1)N1CC[C@@H](O)C1. The maximum atomic E-state index is 12.1. The summed E-state index contributed by atoms with van der Waals surface area (Å²) in [6, 6.07) is 7.63. The van der Waals surface area contributed by atoms with Crippen molar-refractivity contribution in [2.45, 2.75) is 31.8 Å². The highest BCUT2D eigenvalue weighted by molar-refractivity contribution is 5.95. The van der Waals surface area contributed by atoms with E-state index in [1.807, 2.05) is 24.3 Å². The largest absolute Gasteiger partial charge is 0.391 e. The Bertz CT molecular complexity index is 541. The molecule has 1 aromatic rings. The van der Waals surface area contributed by atoms with E-state index in [9.17, 15) is 14.7 Å². The summed E-state index contributed by atoms with van der Waals surface area (Å²) < 4.78 is 0. The number of benzene rings is 1. The van der Waals surface area contributed by atoms with E-state index in [1.54, 1.807) is 9.80 Å². The molecule has 5 heteroatoms. The van der Waals surface area contributed by atoms with Crippen LogP contribution in [0.25, 0.3) is 0 Å². The third-order valence-electron chi connectivity index (χ3n) is 4.19. The van der Waals surface area contributed by atoms with E-state index >= 15 is 0 Å². The molecule has 2 aliphatic rings. The molecule has 0 saturated carbocycles. The minimum Gasteiger partial charge on any atom is -0.391 e. The minimum absolute atomic E-state index is 0.0524. The molecule has 1 atom stereocenters. The number of likely N-dealkylation sites (tertiary alicyclic amines) is 1. The Hall–Kier alpha value is -1.88. The molecule has 0 spiro atoms. The van der Waals surface area contributed by atoms with Gasteiger partial charge < -0.3 is 14.9 Å². The molecule has 0 aromatic heterocycles. The lowest BCUT2D eigenvalue weighted by atomic mass is 10.1. The van der Waals surface area contributed by atoms with E-state index in [0.717, 1.165) is 24.2 Å². The van der Waals surface area contributed by atoms with Gasteiger partial charge in [-0.15, -0.1) is 0 Å². The second-order valence-electron chi connectivity index (χ2n) is 5.77. The molecule has 0 unspecified atom stereocenters. The number of aliphatic hydroxyl groups is 1. The van der Waals surface area contributed by atoms with Crippen LogP contribution in [-0.4, -0.2) is 47.6 Å². The van der Waals surface area contributed by atoms with E-state index in [1.165, 1.54) is 0 Å². The quantitative estimate of drug-likeness (QED) is 0.901. The molecule has 0 aliphatic carbocycles. The predicted octanol–water partition coefficient (Wildman–Crippen LogP) is 0.949. The fourth-order valence-corrected chi connectivity index (χ4v) is 2.97. The van der Waals surface area contributed by atoms with Gasteiger partial charge in [0.2, 0.25) is 11.8 Å². The molecule has 1 aromatic carbocycles. The molecule has 21 heavy (non-hydrogen) atoms. The molecule has 1 N–H and O–H groups in total. The van der Waals surface area contributed by atoms with Crippen LogP contribution in [0.5, 0.6) is 0 Å². The Kier molecular flexibility index (Phi) is 3.92. The minimum atomic E-state index is -0.377. The number of rotatable bonds is 3. The average molecular weight is 288 g/mol. The molecule has 2 amide bonds. The molecule has 112 valence electrons. The zero-order valence-electron chi connectivity index (χ0n) is 12.0. The van der Waals surface area contributed by atoms with Gasteiger partial charge in [0.25, 0.3) is 0 Å². The number of anilines is 1. The molecule has 2 heterocycles. The van der Waals surface area contributed by atoms with Gasteiger partial charge in [-0.25, -0.2) is 0 Å². The molecule has 3 rings (SSSR count). The summed E-state index contributed by atoms with van der Waals surface area (Å²) in [6.45, 7) is 1.86. The number of carbonyl (C=O) groups excluding carboxylic acids is 2. The highest BCUT2D eigenvalue weighted by Crippen LogP contribution is 2.22. The van der Waals surface area contributed by atoms with Gasteiger partial charge in [-0.2, -0.15) is 0 Å². The van der Waals surface area contributed by atoms with Gasteiger partial charge in [-0.3, -0.25) is 9.59 Å². The summed E-state index contributed by atoms with van der Waals surface area (Å²) in [4.78, 5) is 27.3. The van der Waals surface area contributed by atoms with Crippen molar-refractivity contribution < 1.29 is 14.7 Å². The number of amides is 2. The fourth-order valence-electron chi connectivity index (χ4n) is 2.97. The van der Waals surface area contributed by atoms with Crippen LogP contribution in [0.15, 0.2) is 24.3 Å². The summed E-state index contributed by atoms with van der Waals surface area (Å²) in [6.07, 6.45) is 2.17. The van der Waals surface area contributed by atoms with Crippen molar-refractivity contribution >= 4 is 17.5 Å². The van der Waals surface area contributed by atoms with Gasteiger partial charge in [-0.05, 0) is 30.5 Å². The van der Waals surface area contributed by atoms with Crippen LogP contribution in [0, 0.1) is 0 Å². The van der Waals surface area contributed by atoms with Crippen molar-refractivity contribution in [1.82, 2.24) is 4.90 Å². The van der Waals surface area contributed by atoms with E-state index in [0.29, 0.717) is 32.4 Å². The molecule has 2 aliphatic heterocycles. The number of carbonyl (C=O) groups is 2. The van der Waals surface area contributed by atoms with Crippen LogP contribution in [0.4, 0.5) is 5.69 Å². The van der Waals surface area contributed by atoms with Crippen molar-refractivity contribution in [3.8, 4) is 0 Å². The first-order chi connectivity index (χ1) is 10.1. The highest BCUT2D eigenvalue weighted by Gasteiger charge is 2.25. The normalized spacial score (nSPS) is 22.1. The first-order valence-electron chi connectivity index (χ1n) is 7.48. The van der Waals surface area contributed by atoms with Gasteiger partial charge in [0.15, 0.2) is 0 Å². The summed E-state index contributed by atoms with van der Waals surface area (Å²) in [5.74, 6) is 0.224. The lowest BCUT2D eigenvalue weighted by molar-refractivity contribution is -0.129. The Balaban J connectivity index is 1.62. The summed E-state index contributed by atoms with van der Waals surface area (Å²) in [7, 11) is 0. The number of hydrogen-bond donors (Lipinski definition) is 1. The predicted molar refractivity (Wildman–Crippen MR) is 78.9 cm³/mol. The standard InChI is InChI=1S/C16H20N2O3/c19-14-7-9-17(11-14)16(21)10-12-3-5-13(6-4-12)18-8-1-2-15(18)20/h3-6,14,19H,1-2,7-11H2/t14-/m1/s1. The van der Waals surface area contributed by atoms with E-state index < -0.39 is 0 Å². The Morgan fingerprint density at radius 1 is 1.24 bits per heavy atom. The number of β-amino-alcohol motifs (C(OH)–C–C–N with tert-alkyl or cyclic N) is 1. The van der Waals surface area contributed by atoms with Crippen LogP contribution in [0.2, 0.25) is 0 Å². The second-order valence-corrected chi connectivity index (χ2v) is 5.77. The lowest BCUT2D eigenvalue weighted by Gasteiger charge is -2.17.